The molecule has 1 aromatic carbocycles. The van der Waals surface area contributed by atoms with E-state index < -0.39 is 5.97 Å². The van der Waals surface area contributed by atoms with Crippen LogP contribution < -0.4 is 11.1 Å². The van der Waals surface area contributed by atoms with Crippen LogP contribution in [-0.4, -0.2) is 43.2 Å². The van der Waals surface area contributed by atoms with Crippen LogP contribution in [0.15, 0.2) is 46.2 Å². The number of carbonyl (C=O) groups is 2. The van der Waals surface area contributed by atoms with E-state index in [0.29, 0.717) is 27.9 Å². The van der Waals surface area contributed by atoms with Gasteiger partial charge in [-0.3, -0.25) is 14.5 Å². The highest BCUT2D eigenvalue weighted by Gasteiger charge is 2.31. The molecule has 0 spiro atoms. The Hall–Kier alpha value is -2.40. The van der Waals surface area contributed by atoms with E-state index in [-0.39, 0.29) is 17.8 Å². The minimum atomic E-state index is -0.799. The first-order valence-corrected chi connectivity index (χ1v) is 12.3. The Morgan fingerprint density at radius 3 is 2.94 bits per heavy atom. The minimum Gasteiger partial charge on any atom is -0.481 e. The van der Waals surface area contributed by atoms with Crippen molar-refractivity contribution in [3.63, 3.8) is 0 Å². The summed E-state index contributed by atoms with van der Waals surface area (Å²) in [5.74, 6) is -0.924. The van der Waals surface area contributed by atoms with Crippen molar-refractivity contribution in [3.05, 3.63) is 47.0 Å². The molecule has 1 saturated heterocycles. The third kappa shape index (κ3) is 5.32. The number of amides is 1. The molecule has 7 nitrogen and oxygen atoms in total. The highest BCUT2D eigenvalue weighted by molar-refractivity contribution is 8.26. The van der Waals surface area contributed by atoms with Crippen LogP contribution in [0.4, 0.5) is 5.69 Å². The molecular weight excluding hydrogens is 464 g/mol. The summed E-state index contributed by atoms with van der Waals surface area (Å²) in [5.41, 5.74) is 9.31. The predicted octanol–water partition coefficient (Wildman–Crippen LogP) is 4.35. The van der Waals surface area contributed by atoms with Gasteiger partial charge in [-0.05, 0) is 43.2 Å². The van der Waals surface area contributed by atoms with E-state index in [9.17, 15) is 9.59 Å². The summed E-state index contributed by atoms with van der Waals surface area (Å²) in [7, 11) is 0. The number of aromatic nitrogens is 1. The molecule has 0 saturated carbocycles. The van der Waals surface area contributed by atoms with Crippen LogP contribution in [0.1, 0.15) is 31.4 Å². The maximum absolute atomic E-state index is 12.8. The van der Waals surface area contributed by atoms with E-state index in [1.54, 1.807) is 22.7 Å². The highest BCUT2D eigenvalue weighted by Crippen LogP contribution is 2.39. The number of rotatable bonds is 8. The summed E-state index contributed by atoms with van der Waals surface area (Å²) in [6.07, 6.45) is 3.97. The van der Waals surface area contributed by atoms with Gasteiger partial charge in [-0.15, -0.1) is 0 Å². The summed E-state index contributed by atoms with van der Waals surface area (Å²) in [5, 5.41) is 11.9. The van der Waals surface area contributed by atoms with Gasteiger partial charge >= 0.3 is 5.97 Å². The fraction of sp³-hybridized carbons (Fsp3) is 0.273. The average molecular weight is 487 g/mol. The molecule has 0 aliphatic carbocycles. The molecule has 1 amide bonds. The number of nitrogens with zero attached hydrogens (tertiary/aromatic N) is 2. The van der Waals surface area contributed by atoms with E-state index in [1.165, 1.54) is 11.8 Å². The number of unbranched alkanes of at least 4 members (excludes halogenated alkanes) is 2. The molecule has 166 valence electrons. The lowest BCUT2D eigenvalue weighted by atomic mass is 10.1. The van der Waals surface area contributed by atoms with Gasteiger partial charge in [0.1, 0.15) is 9.82 Å². The maximum atomic E-state index is 12.8. The Morgan fingerprint density at radius 1 is 1.28 bits per heavy atom. The molecule has 32 heavy (non-hydrogen) atoms. The lowest BCUT2D eigenvalue weighted by Gasteiger charge is -2.13. The molecule has 2 aliphatic rings. The van der Waals surface area contributed by atoms with Crippen molar-refractivity contribution in [1.82, 2.24) is 9.88 Å². The number of aliphatic carboxylic acids is 1. The van der Waals surface area contributed by atoms with Crippen molar-refractivity contribution < 1.29 is 14.7 Å². The van der Waals surface area contributed by atoms with Gasteiger partial charge in [-0.1, -0.05) is 54.3 Å². The smallest absolute Gasteiger partial charge is 0.303 e. The second kappa shape index (κ2) is 10.0. The van der Waals surface area contributed by atoms with Gasteiger partial charge in [0.15, 0.2) is 0 Å². The van der Waals surface area contributed by atoms with E-state index in [4.69, 9.17) is 28.0 Å². The topological polar surface area (TPSA) is 109 Å². The van der Waals surface area contributed by atoms with Crippen LogP contribution in [-0.2, 0) is 9.59 Å². The summed E-state index contributed by atoms with van der Waals surface area (Å²) in [6, 6.07) is 11.8. The van der Waals surface area contributed by atoms with Crippen molar-refractivity contribution in [2.24, 2.45) is 5.73 Å². The van der Waals surface area contributed by atoms with Crippen molar-refractivity contribution in [2.75, 3.05) is 11.9 Å². The quantitative estimate of drug-likeness (QED) is 0.285. The van der Waals surface area contributed by atoms with E-state index >= 15 is 0 Å². The minimum absolute atomic E-state index is 0.126. The Labute approximate surface area is 199 Å². The number of thioether (sulfide) groups is 2. The third-order valence-electron chi connectivity index (χ3n) is 5.02. The van der Waals surface area contributed by atoms with Crippen molar-refractivity contribution in [2.45, 2.75) is 36.1 Å². The zero-order valence-corrected chi connectivity index (χ0v) is 19.6. The van der Waals surface area contributed by atoms with Gasteiger partial charge in [0.25, 0.3) is 5.91 Å². The van der Waals surface area contributed by atoms with Crippen molar-refractivity contribution in [1.29, 1.82) is 0 Å². The standard InChI is InChI=1S/C22H22N4O3S3/c23-21-25-16-9-8-13(11-17(16)31-21)15-6-4-5-14(24-15)12-18-20(29)26(22(30)32-18)10-3-1-2-7-19(27)28/h4-6,8-9,11-12,21,25H,1-3,7,10,23H2,(H,27,28). The number of thiocarbonyl (C=S) groups is 1. The molecule has 10 heteroatoms. The Bertz CT molecular complexity index is 1110. The van der Waals surface area contributed by atoms with Gasteiger partial charge in [0, 0.05) is 29.1 Å². The number of hydrogen-bond acceptors (Lipinski definition) is 8. The number of nitrogens with one attached hydrogen (secondary N) is 1. The maximum Gasteiger partial charge on any atom is 0.303 e. The molecule has 3 heterocycles. The average Bonchev–Trinajstić information content (AvgIpc) is 3.26. The van der Waals surface area contributed by atoms with Crippen LogP contribution >= 0.6 is 35.7 Å². The predicted molar refractivity (Wildman–Crippen MR) is 133 cm³/mol. The van der Waals surface area contributed by atoms with Crippen molar-refractivity contribution in [3.8, 4) is 11.3 Å². The zero-order valence-electron chi connectivity index (χ0n) is 17.1. The first kappa shape index (κ1) is 22.8. The fourth-order valence-corrected chi connectivity index (χ4v) is 5.66. The number of carbonyl (C=O) groups excluding carboxylic acids is 1. The molecule has 2 aliphatic heterocycles. The molecule has 1 aromatic heterocycles. The SMILES string of the molecule is NC1Nc2ccc(-c3cccc(C=C4SC(=S)N(CCCCCC(=O)O)C4=O)n3)cc2S1. The second-order valence-electron chi connectivity index (χ2n) is 7.38. The highest BCUT2D eigenvalue weighted by atomic mass is 32.2. The number of hydrogen-bond donors (Lipinski definition) is 3. The zero-order chi connectivity index (χ0) is 22.7. The number of anilines is 1. The van der Waals surface area contributed by atoms with Crippen LogP contribution in [0.25, 0.3) is 17.3 Å². The first-order valence-electron chi connectivity index (χ1n) is 10.2. The van der Waals surface area contributed by atoms with Gasteiger partial charge in [0.05, 0.1) is 16.3 Å². The third-order valence-corrected chi connectivity index (χ3v) is 7.37. The lowest BCUT2D eigenvalue weighted by Crippen LogP contribution is -2.29. The molecule has 0 bridgehead atoms. The van der Waals surface area contributed by atoms with Gasteiger partial charge < -0.3 is 16.2 Å². The molecular formula is C22H22N4O3S3. The second-order valence-corrected chi connectivity index (χ2v) is 10.2. The van der Waals surface area contributed by atoms with Crippen LogP contribution in [0.3, 0.4) is 0 Å². The largest absolute Gasteiger partial charge is 0.481 e. The Balaban J connectivity index is 1.44. The number of pyridine rings is 1. The number of benzene rings is 1. The number of fused-ring (bicyclic) bond motifs is 1. The fourth-order valence-electron chi connectivity index (χ4n) is 3.46. The summed E-state index contributed by atoms with van der Waals surface area (Å²) in [4.78, 5) is 31.4. The molecule has 4 rings (SSSR count). The van der Waals surface area contributed by atoms with Crippen molar-refractivity contribution >= 4 is 63.7 Å². The first-order chi connectivity index (χ1) is 15.4. The van der Waals surface area contributed by atoms with E-state index in [0.717, 1.165) is 34.7 Å². The van der Waals surface area contributed by atoms with Gasteiger partial charge in [-0.25, -0.2) is 4.98 Å². The molecule has 0 radical (unpaired) electrons. The lowest BCUT2D eigenvalue weighted by molar-refractivity contribution is -0.137. The molecule has 1 fully saturated rings. The molecule has 1 unspecified atom stereocenters. The summed E-state index contributed by atoms with van der Waals surface area (Å²) >= 11 is 8.23. The number of carboxylic acid groups (broad SMARTS) is 1. The number of nitrogens with two attached hydrogens (primary N) is 1. The Morgan fingerprint density at radius 2 is 2.12 bits per heavy atom. The molecule has 1 atom stereocenters. The summed E-state index contributed by atoms with van der Waals surface area (Å²) < 4.78 is 0.523. The van der Waals surface area contributed by atoms with E-state index in [2.05, 4.69) is 11.4 Å². The molecule has 2 aromatic rings. The van der Waals surface area contributed by atoms with Crippen LogP contribution in [0, 0.1) is 0 Å². The van der Waals surface area contributed by atoms with Crippen LogP contribution in [0.2, 0.25) is 0 Å². The van der Waals surface area contributed by atoms with Crippen LogP contribution in [0.5, 0.6) is 0 Å². The monoisotopic (exact) mass is 486 g/mol. The van der Waals surface area contributed by atoms with E-state index in [1.807, 2.05) is 30.3 Å². The molecule has 4 N–H and O–H groups in total. The normalized spacial score (nSPS) is 18.8. The number of carboxylic acids is 1. The Kier molecular flexibility index (Phi) is 7.14. The van der Waals surface area contributed by atoms with Gasteiger partial charge in [-0.2, -0.15) is 0 Å². The van der Waals surface area contributed by atoms with Gasteiger partial charge in [0.2, 0.25) is 0 Å². The summed E-state index contributed by atoms with van der Waals surface area (Å²) in [6.45, 7) is 0.498.